The quantitative estimate of drug-likeness (QED) is 0.153. The summed E-state index contributed by atoms with van der Waals surface area (Å²) >= 11 is 0. The molecule has 2 heterocycles. The molecule has 10 nitrogen and oxygen atoms in total. The second-order valence-corrected chi connectivity index (χ2v) is 11.7. The Bertz CT molecular complexity index is 1900. The fourth-order valence-corrected chi connectivity index (χ4v) is 5.80. The minimum Gasteiger partial charge on any atom is -0.485 e. The number of amidine groups is 1. The fraction of sp³-hybridized carbons (Fsp3) is 0.297. The molecule has 252 valence electrons. The first-order chi connectivity index (χ1) is 23.8. The van der Waals surface area contributed by atoms with Gasteiger partial charge in [0.2, 0.25) is 17.4 Å². The summed E-state index contributed by atoms with van der Waals surface area (Å²) < 4.78 is 61.3. The highest BCUT2D eigenvalue weighted by atomic mass is 19.1. The van der Waals surface area contributed by atoms with E-state index in [4.69, 9.17) is 23.7 Å². The van der Waals surface area contributed by atoms with Crippen LogP contribution in [-0.2, 0) is 16.1 Å². The number of hydrogen-bond acceptors (Lipinski definition) is 10. The van der Waals surface area contributed by atoms with Crippen LogP contribution in [0.4, 0.5) is 8.78 Å². The molecule has 0 radical (unpaired) electrons. The molecule has 1 aliphatic carbocycles. The number of pyridine rings is 1. The molecule has 4 aromatic rings. The van der Waals surface area contributed by atoms with Gasteiger partial charge in [0, 0.05) is 25.2 Å². The number of rotatable bonds is 11. The number of carbonyl (C=O) groups excluding carboxylic acids is 1. The lowest BCUT2D eigenvalue weighted by atomic mass is 9.86. The zero-order chi connectivity index (χ0) is 34.3. The van der Waals surface area contributed by atoms with Gasteiger partial charge in [0.15, 0.2) is 11.5 Å². The molecule has 1 saturated carbocycles. The Balaban J connectivity index is 1.39. The van der Waals surface area contributed by atoms with Crippen molar-refractivity contribution in [2.45, 2.75) is 38.4 Å². The van der Waals surface area contributed by atoms with Crippen LogP contribution in [0.1, 0.15) is 42.4 Å². The van der Waals surface area contributed by atoms with Crippen molar-refractivity contribution < 1.29 is 37.3 Å². The first-order valence-corrected chi connectivity index (χ1v) is 15.9. The van der Waals surface area contributed by atoms with E-state index in [2.05, 4.69) is 9.98 Å². The number of hydrogen-bond donors (Lipinski definition) is 0. The number of halogens is 2. The molecule has 0 saturated heterocycles. The standard InChI is InChI=1S/C37H34F2N4O6/c1-43-18-17-41-34(43)25-11-8-12-26(20-25)47-35-31(38)33(48-28-14-7-6-13-27(28)37(44)45-2)32(39)36(42-35)49-30-19-24(21-40)15-16-29(30)46-22-23-9-4-3-5-10-23/h3-5,8-12,15-16,19-20,27-28H,6-7,13-14,17-18,22H2,1-2H3. The number of benzene rings is 3. The predicted octanol–water partition coefficient (Wildman–Crippen LogP) is 7.20. The number of aromatic nitrogens is 1. The number of esters is 1. The van der Waals surface area contributed by atoms with Gasteiger partial charge in [-0.25, -0.2) is 0 Å². The van der Waals surface area contributed by atoms with Gasteiger partial charge in [0.05, 0.1) is 31.2 Å². The summed E-state index contributed by atoms with van der Waals surface area (Å²) in [6, 6.07) is 22.6. The summed E-state index contributed by atoms with van der Waals surface area (Å²) in [7, 11) is 3.18. The number of carbonyl (C=O) groups is 1. The molecule has 3 aromatic carbocycles. The fourth-order valence-electron chi connectivity index (χ4n) is 5.80. The minimum atomic E-state index is -1.26. The lowest BCUT2D eigenvalue weighted by Gasteiger charge is -2.30. The van der Waals surface area contributed by atoms with Gasteiger partial charge in [-0.05, 0) is 49.1 Å². The van der Waals surface area contributed by atoms with Gasteiger partial charge in [-0.2, -0.15) is 19.0 Å². The van der Waals surface area contributed by atoms with Crippen molar-refractivity contribution in [1.29, 1.82) is 5.26 Å². The number of nitriles is 1. The van der Waals surface area contributed by atoms with Crippen LogP contribution in [0.5, 0.6) is 34.8 Å². The Morgan fingerprint density at radius 1 is 0.959 bits per heavy atom. The third-order valence-electron chi connectivity index (χ3n) is 8.33. The molecule has 1 fully saturated rings. The van der Waals surface area contributed by atoms with E-state index >= 15 is 8.78 Å². The Morgan fingerprint density at radius 2 is 1.73 bits per heavy atom. The van der Waals surface area contributed by atoms with Crippen molar-refractivity contribution in [3.8, 4) is 40.8 Å². The average Bonchev–Trinajstić information content (AvgIpc) is 3.57. The Morgan fingerprint density at radius 3 is 2.47 bits per heavy atom. The van der Waals surface area contributed by atoms with Crippen LogP contribution in [0.25, 0.3) is 0 Å². The van der Waals surface area contributed by atoms with Gasteiger partial charge in [0.1, 0.15) is 24.3 Å². The van der Waals surface area contributed by atoms with E-state index in [1.807, 2.05) is 54.4 Å². The largest absolute Gasteiger partial charge is 0.485 e. The van der Waals surface area contributed by atoms with Crippen LogP contribution >= 0.6 is 0 Å². The van der Waals surface area contributed by atoms with Crippen LogP contribution in [-0.4, -0.2) is 55.0 Å². The molecule has 1 aliphatic heterocycles. The van der Waals surface area contributed by atoms with Gasteiger partial charge in [-0.15, -0.1) is 0 Å². The molecule has 12 heteroatoms. The molecule has 2 atom stereocenters. The van der Waals surface area contributed by atoms with Gasteiger partial charge >= 0.3 is 5.97 Å². The molecule has 0 amide bonds. The second kappa shape index (κ2) is 15.0. The van der Waals surface area contributed by atoms with E-state index in [-0.39, 0.29) is 29.4 Å². The van der Waals surface area contributed by atoms with E-state index in [1.165, 1.54) is 25.3 Å². The first-order valence-electron chi connectivity index (χ1n) is 15.9. The Labute approximate surface area is 282 Å². The van der Waals surface area contributed by atoms with Crippen LogP contribution in [0.2, 0.25) is 0 Å². The molecule has 2 unspecified atom stereocenters. The third-order valence-corrected chi connectivity index (χ3v) is 8.33. The molecule has 49 heavy (non-hydrogen) atoms. The normalized spacial score (nSPS) is 17.1. The zero-order valence-electron chi connectivity index (χ0n) is 27.0. The van der Waals surface area contributed by atoms with Crippen molar-refractivity contribution in [1.82, 2.24) is 9.88 Å². The lowest BCUT2D eigenvalue weighted by molar-refractivity contribution is -0.150. The van der Waals surface area contributed by atoms with E-state index in [0.29, 0.717) is 25.8 Å². The maximum Gasteiger partial charge on any atom is 0.312 e. The SMILES string of the molecule is COC(=O)C1CCCCC1Oc1c(F)c(Oc2cccc(C3=NCCN3C)c2)nc(Oc2cc(C#N)ccc2OCc2ccccc2)c1F. The number of likely N-dealkylation sites (N-methyl/N-ethyl adjacent to an activating group) is 1. The molecule has 0 spiro atoms. The summed E-state index contributed by atoms with van der Waals surface area (Å²) in [5, 5.41) is 9.59. The number of nitrogens with zero attached hydrogens (tertiary/aromatic N) is 4. The summed E-state index contributed by atoms with van der Waals surface area (Å²) in [4.78, 5) is 23.2. The van der Waals surface area contributed by atoms with Gasteiger partial charge in [0.25, 0.3) is 11.8 Å². The predicted molar refractivity (Wildman–Crippen MR) is 175 cm³/mol. The third kappa shape index (κ3) is 7.56. The molecule has 1 aromatic heterocycles. The zero-order valence-corrected chi connectivity index (χ0v) is 27.0. The average molecular weight is 669 g/mol. The maximum atomic E-state index is 16.3. The minimum absolute atomic E-state index is 0.0423. The summed E-state index contributed by atoms with van der Waals surface area (Å²) in [5.74, 6) is -4.77. The molecule has 2 aliphatic rings. The summed E-state index contributed by atoms with van der Waals surface area (Å²) in [6.45, 7) is 1.55. The molecule has 6 rings (SSSR count). The Hall–Kier alpha value is -5.70. The Kier molecular flexibility index (Phi) is 10.2. The summed E-state index contributed by atoms with van der Waals surface area (Å²) in [5.41, 5.74) is 1.81. The van der Waals surface area contributed by atoms with Crippen molar-refractivity contribution in [2.24, 2.45) is 10.9 Å². The number of ether oxygens (including phenoxy) is 5. The van der Waals surface area contributed by atoms with E-state index in [1.54, 1.807) is 18.2 Å². The van der Waals surface area contributed by atoms with Crippen molar-refractivity contribution in [3.05, 3.63) is 101 Å². The smallest absolute Gasteiger partial charge is 0.312 e. The highest BCUT2D eigenvalue weighted by molar-refractivity contribution is 5.99. The van der Waals surface area contributed by atoms with E-state index in [9.17, 15) is 10.1 Å². The lowest BCUT2D eigenvalue weighted by Crippen LogP contribution is -2.37. The number of aliphatic imine (C=N–C) groups is 1. The van der Waals surface area contributed by atoms with Crippen molar-refractivity contribution in [3.63, 3.8) is 0 Å². The second-order valence-electron chi connectivity index (χ2n) is 11.7. The van der Waals surface area contributed by atoms with Crippen LogP contribution < -0.4 is 18.9 Å². The van der Waals surface area contributed by atoms with E-state index < -0.39 is 47.1 Å². The monoisotopic (exact) mass is 668 g/mol. The van der Waals surface area contributed by atoms with Crippen LogP contribution in [0, 0.1) is 28.9 Å². The van der Waals surface area contributed by atoms with Gasteiger partial charge < -0.3 is 28.6 Å². The van der Waals surface area contributed by atoms with Gasteiger partial charge in [-0.1, -0.05) is 48.9 Å². The van der Waals surface area contributed by atoms with Gasteiger partial charge in [-0.3, -0.25) is 9.79 Å². The van der Waals surface area contributed by atoms with Crippen molar-refractivity contribution in [2.75, 3.05) is 27.2 Å². The molecule has 0 N–H and O–H groups in total. The maximum absolute atomic E-state index is 16.3. The highest BCUT2D eigenvalue weighted by Gasteiger charge is 2.36. The van der Waals surface area contributed by atoms with Crippen LogP contribution in [0.3, 0.4) is 0 Å². The first kappa shape index (κ1) is 33.2. The summed E-state index contributed by atoms with van der Waals surface area (Å²) in [6.07, 6.45) is 1.35. The molecular weight excluding hydrogens is 634 g/mol. The molecule has 0 bridgehead atoms. The topological polar surface area (TPSA) is 116 Å². The van der Waals surface area contributed by atoms with E-state index in [0.717, 1.165) is 29.9 Å². The molecular formula is C37H34F2N4O6. The van der Waals surface area contributed by atoms with Crippen LogP contribution in [0.15, 0.2) is 77.8 Å². The highest BCUT2D eigenvalue weighted by Crippen LogP contribution is 2.42. The van der Waals surface area contributed by atoms with Crippen molar-refractivity contribution >= 4 is 11.8 Å². The number of methoxy groups -OCH3 is 1.